The van der Waals surface area contributed by atoms with Crippen molar-refractivity contribution in [3.05, 3.63) is 12.7 Å². The molecule has 84 valence electrons. The van der Waals surface area contributed by atoms with Gasteiger partial charge in [-0.1, -0.05) is 13.8 Å². The molecule has 1 amide bonds. The van der Waals surface area contributed by atoms with Crippen LogP contribution in [0.1, 0.15) is 26.7 Å². The smallest absolute Gasteiger partial charge is 0.220 e. The van der Waals surface area contributed by atoms with E-state index in [0.29, 0.717) is 18.9 Å². The molecular formula is C10H18N4O. The Hall–Kier alpha value is -1.39. The predicted octanol–water partition coefficient (Wildman–Crippen LogP) is 0.830. The first-order valence-corrected chi connectivity index (χ1v) is 5.27. The third kappa shape index (κ3) is 5.15. The van der Waals surface area contributed by atoms with Crippen LogP contribution in [-0.2, 0) is 11.3 Å². The van der Waals surface area contributed by atoms with Crippen LogP contribution in [0, 0.1) is 5.92 Å². The van der Waals surface area contributed by atoms with Crippen molar-refractivity contribution in [2.75, 3.05) is 6.54 Å². The van der Waals surface area contributed by atoms with Crippen molar-refractivity contribution in [2.24, 2.45) is 5.92 Å². The first-order chi connectivity index (χ1) is 7.18. The topological polar surface area (TPSA) is 59.8 Å². The van der Waals surface area contributed by atoms with Gasteiger partial charge in [0.2, 0.25) is 5.91 Å². The van der Waals surface area contributed by atoms with Crippen molar-refractivity contribution in [3.63, 3.8) is 0 Å². The van der Waals surface area contributed by atoms with Crippen LogP contribution < -0.4 is 5.32 Å². The highest BCUT2D eigenvalue weighted by Gasteiger charge is 2.03. The van der Waals surface area contributed by atoms with Crippen molar-refractivity contribution in [1.82, 2.24) is 20.1 Å². The van der Waals surface area contributed by atoms with Gasteiger partial charge in [0.15, 0.2) is 0 Å². The number of amides is 1. The first kappa shape index (κ1) is 11.7. The van der Waals surface area contributed by atoms with Crippen LogP contribution in [0.3, 0.4) is 0 Å². The quantitative estimate of drug-likeness (QED) is 0.707. The maximum Gasteiger partial charge on any atom is 0.220 e. The van der Waals surface area contributed by atoms with Gasteiger partial charge in [-0.25, -0.2) is 4.98 Å². The molecule has 0 radical (unpaired) electrons. The van der Waals surface area contributed by atoms with E-state index in [4.69, 9.17) is 0 Å². The van der Waals surface area contributed by atoms with Gasteiger partial charge in [0.25, 0.3) is 0 Å². The molecule has 0 unspecified atom stereocenters. The highest BCUT2D eigenvalue weighted by molar-refractivity contribution is 5.75. The van der Waals surface area contributed by atoms with Gasteiger partial charge in [0.1, 0.15) is 12.7 Å². The Kier molecular flexibility index (Phi) is 4.80. The summed E-state index contributed by atoms with van der Waals surface area (Å²) in [6, 6.07) is 0. The summed E-state index contributed by atoms with van der Waals surface area (Å²) in [5.41, 5.74) is 0. The van der Waals surface area contributed by atoms with Gasteiger partial charge in [-0.3, -0.25) is 9.48 Å². The third-order valence-corrected chi connectivity index (χ3v) is 1.95. The van der Waals surface area contributed by atoms with E-state index in [1.54, 1.807) is 11.0 Å². The molecule has 1 aromatic rings. The summed E-state index contributed by atoms with van der Waals surface area (Å²) < 4.78 is 1.76. The normalized spacial score (nSPS) is 10.6. The highest BCUT2D eigenvalue weighted by atomic mass is 16.1. The number of carbonyl (C=O) groups is 1. The molecule has 0 bridgehead atoms. The molecule has 0 spiro atoms. The Morgan fingerprint density at radius 1 is 1.53 bits per heavy atom. The number of rotatable bonds is 6. The summed E-state index contributed by atoms with van der Waals surface area (Å²) in [6.45, 7) is 5.57. The standard InChI is InChI=1S/C10H18N4O/c1-9(2)6-10(15)12-4-3-5-14-8-11-7-13-14/h7-9H,3-6H2,1-2H3,(H,12,15). The molecule has 0 aliphatic rings. The summed E-state index contributed by atoms with van der Waals surface area (Å²) in [7, 11) is 0. The zero-order chi connectivity index (χ0) is 11.1. The summed E-state index contributed by atoms with van der Waals surface area (Å²) in [5, 5.41) is 6.85. The van der Waals surface area contributed by atoms with E-state index in [1.807, 2.05) is 13.8 Å². The lowest BCUT2D eigenvalue weighted by Crippen LogP contribution is -2.26. The number of aromatic nitrogens is 3. The molecule has 0 saturated carbocycles. The van der Waals surface area contributed by atoms with Crippen molar-refractivity contribution in [1.29, 1.82) is 0 Å². The predicted molar refractivity (Wildman–Crippen MR) is 57.1 cm³/mol. The van der Waals surface area contributed by atoms with Gasteiger partial charge in [0.05, 0.1) is 0 Å². The van der Waals surface area contributed by atoms with Crippen LogP contribution in [0.5, 0.6) is 0 Å². The van der Waals surface area contributed by atoms with E-state index < -0.39 is 0 Å². The lowest BCUT2D eigenvalue weighted by molar-refractivity contribution is -0.121. The zero-order valence-electron chi connectivity index (χ0n) is 9.31. The molecule has 1 N–H and O–H groups in total. The van der Waals surface area contributed by atoms with Crippen molar-refractivity contribution >= 4 is 5.91 Å². The number of hydrogen-bond acceptors (Lipinski definition) is 3. The van der Waals surface area contributed by atoms with Crippen molar-refractivity contribution in [3.8, 4) is 0 Å². The van der Waals surface area contributed by atoms with E-state index in [2.05, 4.69) is 15.4 Å². The van der Waals surface area contributed by atoms with Gasteiger partial charge in [-0.15, -0.1) is 0 Å². The van der Waals surface area contributed by atoms with Crippen molar-refractivity contribution in [2.45, 2.75) is 33.2 Å². The minimum Gasteiger partial charge on any atom is -0.356 e. The second kappa shape index (κ2) is 6.16. The Bertz CT molecular complexity index is 282. The van der Waals surface area contributed by atoms with Crippen LogP contribution in [0.2, 0.25) is 0 Å². The van der Waals surface area contributed by atoms with Gasteiger partial charge in [-0.05, 0) is 12.3 Å². The Morgan fingerprint density at radius 2 is 2.33 bits per heavy atom. The Balaban J connectivity index is 2.04. The second-order valence-corrected chi connectivity index (χ2v) is 3.96. The zero-order valence-corrected chi connectivity index (χ0v) is 9.31. The van der Waals surface area contributed by atoms with Gasteiger partial charge >= 0.3 is 0 Å². The fraction of sp³-hybridized carbons (Fsp3) is 0.700. The molecule has 5 nitrogen and oxygen atoms in total. The van der Waals surface area contributed by atoms with Crippen LogP contribution >= 0.6 is 0 Å². The largest absolute Gasteiger partial charge is 0.356 e. The Morgan fingerprint density at radius 3 is 2.93 bits per heavy atom. The minimum atomic E-state index is 0.128. The number of aryl methyl sites for hydroxylation is 1. The Labute approximate surface area is 89.9 Å². The first-order valence-electron chi connectivity index (χ1n) is 5.27. The van der Waals surface area contributed by atoms with Gasteiger partial charge in [-0.2, -0.15) is 5.10 Å². The minimum absolute atomic E-state index is 0.128. The summed E-state index contributed by atoms with van der Waals surface area (Å²) in [4.78, 5) is 15.1. The van der Waals surface area contributed by atoms with E-state index in [0.717, 1.165) is 13.0 Å². The van der Waals surface area contributed by atoms with E-state index in [9.17, 15) is 4.79 Å². The molecular weight excluding hydrogens is 192 g/mol. The molecule has 0 aromatic carbocycles. The molecule has 0 aliphatic heterocycles. The highest BCUT2D eigenvalue weighted by Crippen LogP contribution is 1.97. The molecule has 1 aromatic heterocycles. The SMILES string of the molecule is CC(C)CC(=O)NCCCn1cncn1. The summed E-state index contributed by atoms with van der Waals surface area (Å²) >= 11 is 0. The number of nitrogens with zero attached hydrogens (tertiary/aromatic N) is 3. The van der Waals surface area contributed by atoms with E-state index in [-0.39, 0.29) is 5.91 Å². The fourth-order valence-corrected chi connectivity index (χ4v) is 1.26. The lowest BCUT2D eigenvalue weighted by Gasteiger charge is -2.06. The van der Waals surface area contributed by atoms with E-state index >= 15 is 0 Å². The van der Waals surface area contributed by atoms with Crippen LogP contribution in [0.15, 0.2) is 12.7 Å². The molecule has 1 rings (SSSR count). The molecule has 5 heteroatoms. The number of carbonyl (C=O) groups excluding carboxylic acids is 1. The molecule has 0 saturated heterocycles. The lowest BCUT2D eigenvalue weighted by atomic mass is 10.1. The molecule has 15 heavy (non-hydrogen) atoms. The third-order valence-electron chi connectivity index (χ3n) is 1.95. The molecule has 0 fully saturated rings. The summed E-state index contributed by atoms with van der Waals surface area (Å²) in [6.07, 6.45) is 4.67. The average Bonchev–Trinajstić information content (AvgIpc) is 2.63. The summed E-state index contributed by atoms with van der Waals surface area (Å²) in [5.74, 6) is 0.545. The number of hydrogen-bond donors (Lipinski definition) is 1. The van der Waals surface area contributed by atoms with Gasteiger partial charge < -0.3 is 5.32 Å². The maximum absolute atomic E-state index is 11.3. The molecule has 1 heterocycles. The van der Waals surface area contributed by atoms with Gasteiger partial charge in [0, 0.05) is 19.5 Å². The van der Waals surface area contributed by atoms with Crippen LogP contribution in [0.4, 0.5) is 0 Å². The average molecular weight is 210 g/mol. The monoisotopic (exact) mass is 210 g/mol. The molecule has 0 atom stereocenters. The molecule has 0 aliphatic carbocycles. The van der Waals surface area contributed by atoms with Crippen LogP contribution in [-0.4, -0.2) is 27.2 Å². The maximum atomic E-state index is 11.3. The number of nitrogens with one attached hydrogen (secondary N) is 1. The second-order valence-electron chi connectivity index (χ2n) is 3.96. The fourth-order valence-electron chi connectivity index (χ4n) is 1.26. The van der Waals surface area contributed by atoms with Crippen LogP contribution in [0.25, 0.3) is 0 Å². The van der Waals surface area contributed by atoms with E-state index in [1.165, 1.54) is 6.33 Å². The van der Waals surface area contributed by atoms with Crippen molar-refractivity contribution < 1.29 is 4.79 Å².